The maximum Gasteiger partial charge on any atom is 0.420 e. The monoisotopic (exact) mass is 299 g/mol. The molecular formula is C13H12F3N3O2. The molecule has 2 rings (SSSR count). The van der Waals surface area contributed by atoms with Gasteiger partial charge in [-0.3, -0.25) is 5.10 Å². The lowest BCUT2D eigenvalue weighted by molar-refractivity contribution is -0.138. The lowest BCUT2D eigenvalue weighted by Gasteiger charge is -2.13. The molecule has 0 amide bonds. The van der Waals surface area contributed by atoms with Crippen molar-refractivity contribution in [2.75, 3.05) is 0 Å². The molecule has 0 saturated carbocycles. The van der Waals surface area contributed by atoms with Gasteiger partial charge in [0.15, 0.2) is 0 Å². The van der Waals surface area contributed by atoms with Gasteiger partial charge in [0.25, 0.3) is 0 Å². The van der Waals surface area contributed by atoms with Crippen molar-refractivity contribution in [2.45, 2.75) is 26.4 Å². The van der Waals surface area contributed by atoms with Gasteiger partial charge in [-0.15, -0.1) is 10.0 Å². The van der Waals surface area contributed by atoms with Crippen LogP contribution in [0.15, 0.2) is 23.4 Å². The average molecular weight is 299 g/mol. The van der Waals surface area contributed by atoms with Gasteiger partial charge in [0.05, 0.1) is 0 Å². The van der Waals surface area contributed by atoms with Crippen LogP contribution in [0.4, 0.5) is 18.9 Å². The molecule has 112 valence electrons. The highest BCUT2D eigenvalue weighted by molar-refractivity contribution is 5.50. The van der Waals surface area contributed by atoms with Crippen LogP contribution < -0.4 is 4.74 Å². The summed E-state index contributed by atoms with van der Waals surface area (Å²) in [5.74, 6) is -0.330. The summed E-state index contributed by atoms with van der Waals surface area (Å²) in [7, 11) is 0. The summed E-state index contributed by atoms with van der Waals surface area (Å²) in [4.78, 5) is 10.4. The van der Waals surface area contributed by atoms with E-state index in [1.54, 1.807) is 6.92 Å². The minimum atomic E-state index is -4.66. The first-order valence-corrected chi connectivity index (χ1v) is 6.13. The average Bonchev–Trinajstić information content (AvgIpc) is 2.78. The molecule has 0 aliphatic rings. The molecule has 0 bridgehead atoms. The van der Waals surface area contributed by atoms with Crippen LogP contribution in [0.2, 0.25) is 0 Å². The number of hydrogen-bond donors (Lipinski definition) is 1. The molecule has 0 radical (unpaired) electrons. The van der Waals surface area contributed by atoms with Gasteiger partial charge < -0.3 is 4.74 Å². The smallest absolute Gasteiger partial charge is 0.420 e. The van der Waals surface area contributed by atoms with E-state index in [0.29, 0.717) is 18.1 Å². The number of H-pyrrole nitrogens is 1. The first-order chi connectivity index (χ1) is 9.86. The summed E-state index contributed by atoms with van der Waals surface area (Å²) in [5.41, 5.74) is 0.0406. The molecule has 0 unspecified atom stereocenters. The molecule has 8 heteroatoms. The largest absolute Gasteiger partial charge is 0.437 e. The molecule has 0 saturated heterocycles. The third-order valence-corrected chi connectivity index (χ3v) is 2.97. The van der Waals surface area contributed by atoms with Crippen LogP contribution in [0.25, 0.3) is 0 Å². The number of alkyl halides is 3. The second-order valence-corrected chi connectivity index (χ2v) is 4.36. The Bertz CT molecular complexity index is 665. The highest BCUT2D eigenvalue weighted by Crippen LogP contribution is 2.40. The SMILES string of the molecule is CCc1c(Oc2ccc(N=O)cc2C(F)(F)F)n[nH]c1C. The van der Waals surface area contributed by atoms with E-state index < -0.39 is 17.5 Å². The number of nitrogens with zero attached hydrogens (tertiary/aromatic N) is 2. The van der Waals surface area contributed by atoms with Crippen molar-refractivity contribution in [3.63, 3.8) is 0 Å². The van der Waals surface area contributed by atoms with Crippen molar-refractivity contribution in [1.29, 1.82) is 0 Å². The zero-order chi connectivity index (χ0) is 15.6. The quantitative estimate of drug-likeness (QED) is 0.846. The van der Waals surface area contributed by atoms with Gasteiger partial charge >= 0.3 is 6.18 Å². The number of benzene rings is 1. The van der Waals surface area contributed by atoms with Crippen molar-refractivity contribution < 1.29 is 17.9 Å². The fraction of sp³-hybridized carbons (Fsp3) is 0.308. The molecule has 0 aliphatic heterocycles. The number of ether oxygens (including phenoxy) is 1. The van der Waals surface area contributed by atoms with Crippen molar-refractivity contribution in [3.05, 3.63) is 39.9 Å². The summed E-state index contributed by atoms with van der Waals surface area (Å²) in [6, 6.07) is 2.86. The van der Waals surface area contributed by atoms with E-state index in [4.69, 9.17) is 4.74 Å². The lowest BCUT2D eigenvalue weighted by Crippen LogP contribution is -2.07. The summed E-state index contributed by atoms with van der Waals surface area (Å²) < 4.78 is 44.3. The third-order valence-electron chi connectivity index (χ3n) is 2.97. The van der Waals surface area contributed by atoms with Crippen molar-refractivity contribution in [3.8, 4) is 11.6 Å². The molecule has 5 nitrogen and oxygen atoms in total. The van der Waals surface area contributed by atoms with Gasteiger partial charge in [-0.1, -0.05) is 6.92 Å². The van der Waals surface area contributed by atoms with Gasteiger partial charge in [0.2, 0.25) is 5.88 Å². The zero-order valence-corrected chi connectivity index (χ0v) is 11.3. The van der Waals surface area contributed by atoms with Gasteiger partial charge in [0.1, 0.15) is 17.0 Å². The first kappa shape index (κ1) is 15.0. The molecule has 1 N–H and O–H groups in total. The number of aromatic amines is 1. The van der Waals surface area contributed by atoms with Crippen LogP contribution in [-0.4, -0.2) is 10.2 Å². The molecule has 2 aromatic rings. The topological polar surface area (TPSA) is 67.3 Å². The van der Waals surface area contributed by atoms with E-state index >= 15 is 0 Å². The van der Waals surface area contributed by atoms with Gasteiger partial charge in [0, 0.05) is 11.3 Å². The molecule has 1 aromatic carbocycles. The van der Waals surface area contributed by atoms with Crippen molar-refractivity contribution in [2.24, 2.45) is 5.18 Å². The molecule has 0 fully saturated rings. The molecule has 0 spiro atoms. The fourth-order valence-corrected chi connectivity index (χ4v) is 1.92. The second-order valence-electron chi connectivity index (χ2n) is 4.36. The van der Waals surface area contributed by atoms with Crippen LogP contribution >= 0.6 is 0 Å². The Balaban J connectivity index is 2.46. The number of aryl methyl sites for hydroxylation is 1. The minimum absolute atomic E-state index is 0.0901. The molecule has 1 aromatic heterocycles. The zero-order valence-electron chi connectivity index (χ0n) is 11.3. The normalized spacial score (nSPS) is 11.5. The van der Waals surface area contributed by atoms with Crippen LogP contribution in [0.5, 0.6) is 11.6 Å². The van der Waals surface area contributed by atoms with E-state index in [9.17, 15) is 18.1 Å². The van der Waals surface area contributed by atoms with Crippen molar-refractivity contribution in [1.82, 2.24) is 10.2 Å². The van der Waals surface area contributed by atoms with Gasteiger partial charge in [-0.2, -0.15) is 13.2 Å². The summed E-state index contributed by atoms with van der Waals surface area (Å²) in [6.45, 7) is 3.59. The Hall–Kier alpha value is -2.38. The second kappa shape index (κ2) is 5.55. The first-order valence-electron chi connectivity index (χ1n) is 6.13. The predicted octanol–water partition coefficient (Wildman–Crippen LogP) is 4.49. The highest BCUT2D eigenvalue weighted by Gasteiger charge is 2.35. The fourth-order valence-electron chi connectivity index (χ4n) is 1.92. The molecule has 0 aliphatic carbocycles. The summed E-state index contributed by atoms with van der Waals surface area (Å²) >= 11 is 0. The van der Waals surface area contributed by atoms with Crippen LogP contribution in [0.1, 0.15) is 23.7 Å². The van der Waals surface area contributed by atoms with Gasteiger partial charge in [-0.25, -0.2) is 0 Å². The lowest BCUT2D eigenvalue weighted by atomic mass is 10.1. The van der Waals surface area contributed by atoms with Crippen LogP contribution in [0, 0.1) is 11.8 Å². The number of hydrogen-bond acceptors (Lipinski definition) is 4. The maximum atomic E-state index is 13.0. The van der Waals surface area contributed by atoms with Crippen molar-refractivity contribution >= 4 is 5.69 Å². The standard InChI is InChI=1S/C13H12F3N3O2/c1-3-9-7(2)17-18-12(9)21-11-5-4-8(19-20)6-10(11)13(14,15)16/h4-6H,3H2,1-2H3,(H,17,18). The Morgan fingerprint density at radius 2 is 2.10 bits per heavy atom. The highest BCUT2D eigenvalue weighted by atomic mass is 19.4. The van der Waals surface area contributed by atoms with Crippen LogP contribution in [-0.2, 0) is 12.6 Å². The van der Waals surface area contributed by atoms with E-state index in [1.165, 1.54) is 0 Å². The molecule has 0 atom stereocenters. The summed E-state index contributed by atoms with van der Waals surface area (Å²) in [6.07, 6.45) is -4.10. The Labute approximate surface area is 118 Å². The van der Waals surface area contributed by atoms with Gasteiger partial charge in [-0.05, 0) is 36.7 Å². The van der Waals surface area contributed by atoms with E-state index in [1.807, 2.05) is 6.92 Å². The van der Waals surface area contributed by atoms with E-state index in [2.05, 4.69) is 15.4 Å². The summed E-state index contributed by atoms with van der Waals surface area (Å²) in [5, 5.41) is 9.02. The Kier molecular flexibility index (Phi) is 3.97. The maximum absolute atomic E-state index is 13.0. The Morgan fingerprint density at radius 3 is 2.67 bits per heavy atom. The van der Waals surface area contributed by atoms with E-state index in [-0.39, 0.29) is 11.6 Å². The molecule has 1 heterocycles. The number of nitrogens with one attached hydrogen (secondary N) is 1. The Morgan fingerprint density at radius 1 is 1.38 bits per heavy atom. The predicted molar refractivity (Wildman–Crippen MR) is 69.7 cm³/mol. The number of aromatic nitrogens is 2. The van der Waals surface area contributed by atoms with Crippen LogP contribution in [0.3, 0.4) is 0 Å². The number of rotatable bonds is 4. The van der Waals surface area contributed by atoms with E-state index in [0.717, 1.165) is 17.8 Å². The third kappa shape index (κ3) is 3.04. The molecular weight excluding hydrogens is 287 g/mol. The minimum Gasteiger partial charge on any atom is -0.437 e. The molecule has 21 heavy (non-hydrogen) atoms. The number of halogens is 3. The number of nitroso groups, excluding NO2 is 1.